The normalized spacial score (nSPS) is 10.5. The van der Waals surface area contributed by atoms with Gasteiger partial charge in [0.2, 0.25) is 5.76 Å². The molecule has 1 aromatic heterocycles. The summed E-state index contributed by atoms with van der Waals surface area (Å²) in [6.45, 7) is 0. The van der Waals surface area contributed by atoms with Gasteiger partial charge in [-0.05, 0) is 24.3 Å². The summed E-state index contributed by atoms with van der Waals surface area (Å²) in [4.78, 5) is 10.6. The van der Waals surface area contributed by atoms with Crippen LogP contribution in [0.3, 0.4) is 0 Å². The highest BCUT2D eigenvalue weighted by Crippen LogP contribution is 2.23. The van der Waals surface area contributed by atoms with Crippen LogP contribution < -0.4 is 0 Å². The first-order valence-electron chi connectivity index (χ1n) is 3.59. The molecule has 0 saturated carbocycles. The van der Waals surface area contributed by atoms with E-state index in [0.717, 1.165) is 9.86 Å². The van der Waals surface area contributed by atoms with E-state index in [1.165, 1.54) is 6.07 Å². The molecule has 0 aliphatic rings. The van der Waals surface area contributed by atoms with Crippen molar-refractivity contribution in [2.45, 2.75) is 0 Å². The molecule has 0 radical (unpaired) electrons. The van der Waals surface area contributed by atoms with E-state index >= 15 is 0 Å². The summed E-state index contributed by atoms with van der Waals surface area (Å²) in [6, 6.07) is 6.88. The number of benzene rings is 1. The van der Waals surface area contributed by atoms with Crippen molar-refractivity contribution in [1.82, 2.24) is 0 Å². The fraction of sp³-hybridized carbons (Fsp3) is 0. The smallest absolute Gasteiger partial charge is 0.371 e. The van der Waals surface area contributed by atoms with Crippen LogP contribution in [0.5, 0.6) is 0 Å². The van der Waals surface area contributed by atoms with Crippen molar-refractivity contribution in [1.29, 1.82) is 0 Å². The van der Waals surface area contributed by atoms with Crippen LogP contribution in [-0.4, -0.2) is 11.1 Å². The number of carboxylic acid groups (broad SMARTS) is 1. The zero-order chi connectivity index (χ0) is 9.42. The summed E-state index contributed by atoms with van der Waals surface area (Å²) in [5.41, 5.74) is 0.576. The Balaban J connectivity index is 2.68. The van der Waals surface area contributed by atoms with Gasteiger partial charge in [-0.1, -0.05) is 15.9 Å². The minimum Gasteiger partial charge on any atom is -0.475 e. The SMILES string of the molecule is O=C(O)c1cc2ccc(Br)cc2o1. The summed E-state index contributed by atoms with van der Waals surface area (Å²) in [5.74, 6) is -1.08. The van der Waals surface area contributed by atoms with Crippen molar-refractivity contribution in [3.63, 3.8) is 0 Å². The van der Waals surface area contributed by atoms with E-state index in [-0.39, 0.29) is 5.76 Å². The molecule has 0 fully saturated rings. The van der Waals surface area contributed by atoms with Gasteiger partial charge in [0.05, 0.1) is 0 Å². The lowest BCUT2D eigenvalue weighted by molar-refractivity contribution is 0.0665. The Bertz CT molecular complexity index is 473. The Morgan fingerprint density at radius 3 is 2.85 bits per heavy atom. The molecule has 3 nitrogen and oxygen atoms in total. The average Bonchev–Trinajstić information content (AvgIpc) is 2.46. The lowest BCUT2D eigenvalue weighted by Gasteiger charge is -1.87. The zero-order valence-electron chi connectivity index (χ0n) is 6.45. The van der Waals surface area contributed by atoms with Crippen molar-refractivity contribution in [2.75, 3.05) is 0 Å². The van der Waals surface area contributed by atoms with E-state index in [1.807, 2.05) is 6.07 Å². The van der Waals surface area contributed by atoms with E-state index in [4.69, 9.17) is 9.52 Å². The van der Waals surface area contributed by atoms with Crippen LogP contribution in [0.2, 0.25) is 0 Å². The van der Waals surface area contributed by atoms with Gasteiger partial charge in [-0.2, -0.15) is 0 Å². The fourth-order valence-corrected chi connectivity index (χ4v) is 1.45. The summed E-state index contributed by atoms with van der Waals surface area (Å²) in [5, 5.41) is 9.44. The number of furan rings is 1. The number of fused-ring (bicyclic) bond motifs is 1. The van der Waals surface area contributed by atoms with Crippen LogP contribution in [0.15, 0.2) is 33.2 Å². The molecule has 0 bridgehead atoms. The summed E-state index contributed by atoms with van der Waals surface area (Å²) in [7, 11) is 0. The molecule has 0 unspecified atom stereocenters. The number of rotatable bonds is 1. The molecule has 0 amide bonds. The first-order chi connectivity index (χ1) is 6.16. The predicted molar refractivity (Wildman–Crippen MR) is 50.9 cm³/mol. The van der Waals surface area contributed by atoms with Crippen molar-refractivity contribution >= 4 is 32.9 Å². The maximum atomic E-state index is 10.6. The molecular formula is C9H5BrO3. The van der Waals surface area contributed by atoms with Gasteiger partial charge in [0.1, 0.15) is 5.58 Å². The van der Waals surface area contributed by atoms with E-state index in [1.54, 1.807) is 12.1 Å². The van der Waals surface area contributed by atoms with Crippen LogP contribution >= 0.6 is 15.9 Å². The van der Waals surface area contributed by atoms with Gasteiger partial charge in [-0.3, -0.25) is 0 Å². The molecule has 13 heavy (non-hydrogen) atoms. The van der Waals surface area contributed by atoms with E-state index in [0.29, 0.717) is 5.58 Å². The Morgan fingerprint density at radius 2 is 2.15 bits per heavy atom. The van der Waals surface area contributed by atoms with Crippen LogP contribution in [0.25, 0.3) is 11.0 Å². The third kappa shape index (κ3) is 1.45. The molecule has 66 valence electrons. The summed E-state index contributed by atoms with van der Waals surface area (Å²) >= 11 is 3.27. The minimum atomic E-state index is -1.05. The molecule has 1 aromatic carbocycles. The molecule has 1 heterocycles. The van der Waals surface area contributed by atoms with Crippen molar-refractivity contribution < 1.29 is 14.3 Å². The molecule has 2 aromatic rings. The summed E-state index contributed by atoms with van der Waals surface area (Å²) in [6.07, 6.45) is 0. The third-order valence-corrected chi connectivity index (χ3v) is 2.19. The molecule has 0 aliphatic heterocycles. The van der Waals surface area contributed by atoms with Crippen LogP contribution in [0, 0.1) is 0 Å². The van der Waals surface area contributed by atoms with Gasteiger partial charge in [0.15, 0.2) is 0 Å². The maximum absolute atomic E-state index is 10.6. The zero-order valence-corrected chi connectivity index (χ0v) is 8.04. The van der Waals surface area contributed by atoms with Crippen LogP contribution in [-0.2, 0) is 0 Å². The van der Waals surface area contributed by atoms with E-state index in [2.05, 4.69) is 15.9 Å². The predicted octanol–water partition coefficient (Wildman–Crippen LogP) is 2.89. The quantitative estimate of drug-likeness (QED) is 0.834. The first-order valence-corrected chi connectivity index (χ1v) is 4.38. The molecular weight excluding hydrogens is 236 g/mol. The largest absolute Gasteiger partial charge is 0.475 e. The van der Waals surface area contributed by atoms with Gasteiger partial charge in [0, 0.05) is 9.86 Å². The Labute approximate surface area is 82.1 Å². The number of carbonyl (C=O) groups is 1. The number of hydrogen-bond donors (Lipinski definition) is 1. The van der Waals surface area contributed by atoms with Crippen molar-refractivity contribution in [3.8, 4) is 0 Å². The van der Waals surface area contributed by atoms with E-state index in [9.17, 15) is 4.79 Å². The minimum absolute atomic E-state index is 0.0342. The van der Waals surface area contributed by atoms with Crippen LogP contribution in [0.4, 0.5) is 0 Å². The van der Waals surface area contributed by atoms with E-state index < -0.39 is 5.97 Å². The highest BCUT2D eigenvalue weighted by Gasteiger charge is 2.09. The molecule has 0 spiro atoms. The fourth-order valence-electron chi connectivity index (χ4n) is 1.11. The highest BCUT2D eigenvalue weighted by atomic mass is 79.9. The van der Waals surface area contributed by atoms with Gasteiger partial charge < -0.3 is 9.52 Å². The second-order valence-electron chi connectivity index (χ2n) is 2.60. The average molecular weight is 241 g/mol. The highest BCUT2D eigenvalue weighted by molar-refractivity contribution is 9.10. The topological polar surface area (TPSA) is 50.4 Å². The van der Waals surface area contributed by atoms with Gasteiger partial charge in [-0.15, -0.1) is 0 Å². The van der Waals surface area contributed by atoms with Crippen LogP contribution in [0.1, 0.15) is 10.6 Å². The van der Waals surface area contributed by atoms with Gasteiger partial charge in [0.25, 0.3) is 0 Å². The molecule has 0 saturated heterocycles. The monoisotopic (exact) mass is 240 g/mol. The Morgan fingerprint density at radius 1 is 1.38 bits per heavy atom. The lowest BCUT2D eigenvalue weighted by Crippen LogP contribution is -1.91. The molecule has 0 aliphatic carbocycles. The first kappa shape index (κ1) is 8.31. The summed E-state index contributed by atoms with van der Waals surface area (Å²) < 4.78 is 5.95. The molecule has 2 rings (SSSR count). The number of aromatic carboxylic acids is 1. The van der Waals surface area contributed by atoms with Crippen molar-refractivity contribution in [2.24, 2.45) is 0 Å². The van der Waals surface area contributed by atoms with Gasteiger partial charge in [-0.25, -0.2) is 4.79 Å². The molecule has 1 N–H and O–H groups in total. The number of carboxylic acids is 1. The standard InChI is InChI=1S/C9H5BrO3/c10-6-2-1-5-3-8(9(11)12)13-7(5)4-6/h1-4H,(H,11,12). The lowest BCUT2D eigenvalue weighted by atomic mass is 10.2. The maximum Gasteiger partial charge on any atom is 0.371 e. The molecule has 0 atom stereocenters. The number of hydrogen-bond acceptors (Lipinski definition) is 2. The Kier molecular flexibility index (Phi) is 1.84. The second kappa shape index (κ2) is 2.88. The molecule has 4 heteroatoms. The van der Waals surface area contributed by atoms with Gasteiger partial charge >= 0.3 is 5.97 Å². The second-order valence-corrected chi connectivity index (χ2v) is 3.51. The number of halogens is 1. The Hall–Kier alpha value is -1.29. The third-order valence-electron chi connectivity index (χ3n) is 1.69. The van der Waals surface area contributed by atoms with Crippen molar-refractivity contribution in [3.05, 3.63) is 34.5 Å².